The summed E-state index contributed by atoms with van der Waals surface area (Å²) in [6, 6.07) is 0. The van der Waals surface area contributed by atoms with E-state index >= 15 is 0 Å². The van der Waals surface area contributed by atoms with Crippen LogP contribution in [-0.4, -0.2) is 72.1 Å². The highest BCUT2D eigenvalue weighted by molar-refractivity contribution is 5.94. The summed E-state index contributed by atoms with van der Waals surface area (Å²) in [6.07, 6.45) is 1.79. The third kappa shape index (κ3) is 2.72. The van der Waals surface area contributed by atoms with Crippen LogP contribution in [0.15, 0.2) is 12.7 Å². The minimum absolute atomic E-state index is 0.0807. The lowest BCUT2D eigenvalue weighted by atomic mass is 9.81. The van der Waals surface area contributed by atoms with Gasteiger partial charge in [0.15, 0.2) is 0 Å². The Morgan fingerprint density at radius 1 is 1.50 bits per heavy atom. The zero-order valence-electron chi connectivity index (χ0n) is 12.8. The van der Waals surface area contributed by atoms with Crippen LogP contribution in [0.25, 0.3) is 0 Å². The molecule has 7 nitrogen and oxygen atoms in total. The number of carbonyl (C=O) groups is 3. The topological polar surface area (TPSA) is 87.2 Å². The lowest BCUT2D eigenvalue weighted by Gasteiger charge is -2.24. The van der Waals surface area contributed by atoms with E-state index in [4.69, 9.17) is 4.74 Å². The lowest BCUT2D eigenvalue weighted by Crippen LogP contribution is -2.42. The molecule has 0 aliphatic carbocycles. The van der Waals surface area contributed by atoms with Gasteiger partial charge in [-0.15, -0.1) is 6.58 Å². The van der Waals surface area contributed by atoms with E-state index in [1.54, 1.807) is 6.08 Å². The van der Waals surface area contributed by atoms with Gasteiger partial charge in [0.2, 0.25) is 11.8 Å². The van der Waals surface area contributed by atoms with Crippen molar-refractivity contribution in [2.24, 2.45) is 11.3 Å². The number of hydrogen-bond acceptors (Lipinski definition) is 4. The molecule has 0 aromatic rings. The standard InChI is InChI=1S/C15H22N2O5/c1-3-6-16-9-15(14(20)21)10-17(8-11(15)13(16)19)12(18)5-7-22-4-2/h3,11H,1,4-10H2,2H3,(H,20,21)/t11-,15+/m0/s1. The maximum Gasteiger partial charge on any atom is 0.314 e. The summed E-state index contributed by atoms with van der Waals surface area (Å²) in [4.78, 5) is 39.3. The van der Waals surface area contributed by atoms with E-state index in [1.165, 1.54) is 9.80 Å². The molecule has 0 saturated carbocycles. The first-order valence-electron chi connectivity index (χ1n) is 7.45. The Kier molecular flexibility index (Phi) is 4.85. The summed E-state index contributed by atoms with van der Waals surface area (Å²) in [6.45, 7) is 6.99. The fourth-order valence-electron chi connectivity index (χ4n) is 3.27. The summed E-state index contributed by atoms with van der Waals surface area (Å²) in [5.41, 5.74) is -1.19. The molecule has 2 heterocycles. The number of nitrogens with zero attached hydrogens (tertiary/aromatic N) is 2. The third-order valence-electron chi connectivity index (χ3n) is 4.42. The average molecular weight is 310 g/mol. The van der Waals surface area contributed by atoms with Crippen molar-refractivity contribution in [2.45, 2.75) is 13.3 Å². The van der Waals surface area contributed by atoms with Crippen LogP contribution < -0.4 is 0 Å². The summed E-state index contributed by atoms with van der Waals surface area (Å²) in [7, 11) is 0. The predicted octanol–water partition coefficient (Wildman–Crippen LogP) is -0.0294. The molecule has 0 unspecified atom stereocenters. The Morgan fingerprint density at radius 2 is 2.23 bits per heavy atom. The van der Waals surface area contributed by atoms with E-state index in [9.17, 15) is 19.5 Å². The number of carbonyl (C=O) groups excluding carboxylic acids is 2. The zero-order valence-corrected chi connectivity index (χ0v) is 12.8. The average Bonchev–Trinajstić information content (AvgIpc) is 2.97. The predicted molar refractivity (Wildman–Crippen MR) is 78.0 cm³/mol. The van der Waals surface area contributed by atoms with E-state index < -0.39 is 17.3 Å². The molecule has 0 spiro atoms. The lowest BCUT2D eigenvalue weighted by molar-refractivity contribution is -0.150. The summed E-state index contributed by atoms with van der Waals surface area (Å²) in [5.74, 6) is -2.05. The molecule has 2 rings (SSSR count). The summed E-state index contributed by atoms with van der Waals surface area (Å²) < 4.78 is 5.15. The second-order valence-corrected chi connectivity index (χ2v) is 5.74. The number of carboxylic acid groups (broad SMARTS) is 1. The van der Waals surface area contributed by atoms with Gasteiger partial charge in [0, 0.05) is 32.8 Å². The minimum Gasteiger partial charge on any atom is -0.481 e. The number of rotatable bonds is 7. The van der Waals surface area contributed by atoms with Crippen molar-refractivity contribution in [1.29, 1.82) is 0 Å². The summed E-state index contributed by atoms with van der Waals surface area (Å²) in [5, 5.41) is 9.62. The molecule has 0 radical (unpaired) electrons. The fraction of sp³-hybridized carbons (Fsp3) is 0.667. The Balaban J connectivity index is 2.10. The van der Waals surface area contributed by atoms with Crippen LogP contribution in [0.4, 0.5) is 0 Å². The third-order valence-corrected chi connectivity index (χ3v) is 4.42. The second-order valence-electron chi connectivity index (χ2n) is 5.74. The first kappa shape index (κ1) is 16.5. The van der Waals surface area contributed by atoms with E-state index in [0.717, 1.165) is 0 Å². The van der Waals surface area contributed by atoms with Gasteiger partial charge < -0.3 is 19.6 Å². The Hall–Kier alpha value is -1.89. The Morgan fingerprint density at radius 3 is 2.77 bits per heavy atom. The van der Waals surface area contributed by atoms with E-state index in [0.29, 0.717) is 19.8 Å². The van der Waals surface area contributed by atoms with E-state index in [-0.39, 0.29) is 37.9 Å². The molecular formula is C15H22N2O5. The van der Waals surface area contributed by atoms with Crippen molar-refractivity contribution in [1.82, 2.24) is 9.80 Å². The smallest absolute Gasteiger partial charge is 0.314 e. The molecule has 0 aromatic carbocycles. The molecule has 7 heteroatoms. The molecular weight excluding hydrogens is 288 g/mol. The van der Waals surface area contributed by atoms with Gasteiger partial charge in [0.1, 0.15) is 5.41 Å². The first-order valence-corrected chi connectivity index (χ1v) is 7.45. The minimum atomic E-state index is -1.19. The SMILES string of the molecule is C=CCN1C[C@@]2(C(=O)O)CN(C(=O)CCOCC)C[C@H]2C1=O. The van der Waals surface area contributed by atoms with Gasteiger partial charge in [-0.05, 0) is 6.92 Å². The van der Waals surface area contributed by atoms with Gasteiger partial charge in [-0.1, -0.05) is 6.08 Å². The fourth-order valence-corrected chi connectivity index (χ4v) is 3.27. The highest BCUT2D eigenvalue weighted by atomic mass is 16.5. The van der Waals surface area contributed by atoms with Crippen LogP contribution in [0.2, 0.25) is 0 Å². The highest BCUT2D eigenvalue weighted by Crippen LogP contribution is 2.43. The number of hydrogen-bond donors (Lipinski definition) is 1. The van der Waals surface area contributed by atoms with Crippen LogP contribution in [0, 0.1) is 11.3 Å². The monoisotopic (exact) mass is 310 g/mol. The molecule has 2 atom stereocenters. The number of ether oxygens (including phenoxy) is 1. The zero-order chi connectivity index (χ0) is 16.3. The normalized spacial score (nSPS) is 27.1. The van der Waals surface area contributed by atoms with Crippen LogP contribution in [0.1, 0.15) is 13.3 Å². The number of fused-ring (bicyclic) bond motifs is 1. The van der Waals surface area contributed by atoms with Gasteiger partial charge in [-0.25, -0.2) is 0 Å². The van der Waals surface area contributed by atoms with Gasteiger partial charge >= 0.3 is 5.97 Å². The van der Waals surface area contributed by atoms with E-state index in [1.807, 2.05) is 6.92 Å². The molecule has 2 amide bonds. The van der Waals surface area contributed by atoms with Gasteiger partial charge in [-0.2, -0.15) is 0 Å². The summed E-state index contributed by atoms with van der Waals surface area (Å²) >= 11 is 0. The Labute approximate surface area is 129 Å². The van der Waals surface area contributed by atoms with E-state index in [2.05, 4.69) is 6.58 Å². The quantitative estimate of drug-likeness (QED) is 0.527. The van der Waals surface area contributed by atoms with Crippen LogP contribution in [0.3, 0.4) is 0 Å². The molecule has 122 valence electrons. The molecule has 0 aromatic heterocycles. The molecule has 2 aliphatic rings. The maximum absolute atomic E-state index is 12.4. The molecule has 22 heavy (non-hydrogen) atoms. The highest BCUT2D eigenvalue weighted by Gasteiger charge is 2.62. The van der Waals surface area contributed by atoms with Crippen molar-refractivity contribution < 1.29 is 24.2 Å². The van der Waals surface area contributed by atoms with Gasteiger partial charge in [-0.3, -0.25) is 14.4 Å². The van der Waals surface area contributed by atoms with Crippen molar-refractivity contribution in [3.8, 4) is 0 Å². The van der Waals surface area contributed by atoms with Crippen molar-refractivity contribution in [2.75, 3.05) is 39.4 Å². The van der Waals surface area contributed by atoms with Crippen molar-refractivity contribution in [3.05, 3.63) is 12.7 Å². The van der Waals surface area contributed by atoms with Crippen molar-refractivity contribution in [3.63, 3.8) is 0 Å². The van der Waals surface area contributed by atoms with Crippen LogP contribution in [0.5, 0.6) is 0 Å². The molecule has 2 aliphatic heterocycles. The van der Waals surface area contributed by atoms with Crippen molar-refractivity contribution >= 4 is 17.8 Å². The molecule has 0 bridgehead atoms. The number of aliphatic carboxylic acids is 1. The van der Waals surface area contributed by atoms with Gasteiger partial charge in [0.05, 0.1) is 18.9 Å². The molecule has 2 fully saturated rings. The van der Waals surface area contributed by atoms with Crippen LogP contribution in [-0.2, 0) is 19.1 Å². The Bertz CT molecular complexity index is 492. The first-order chi connectivity index (χ1) is 10.5. The molecule has 1 N–H and O–H groups in total. The second kappa shape index (κ2) is 6.48. The largest absolute Gasteiger partial charge is 0.481 e. The number of carboxylic acids is 1. The number of likely N-dealkylation sites (tertiary alicyclic amines) is 2. The maximum atomic E-state index is 12.4. The van der Waals surface area contributed by atoms with Gasteiger partial charge in [0.25, 0.3) is 0 Å². The number of amides is 2. The molecule has 2 saturated heterocycles. The van der Waals surface area contributed by atoms with Crippen LogP contribution >= 0.6 is 0 Å².